The number of benzene rings is 1. The van der Waals surface area contributed by atoms with Gasteiger partial charge >= 0.3 is 0 Å². The lowest BCUT2D eigenvalue weighted by Crippen LogP contribution is -2.03. The van der Waals surface area contributed by atoms with E-state index in [0.29, 0.717) is 6.54 Å². The van der Waals surface area contributed by atoms with Crippen LogP contribution in [0.5, 0.6) is 11.5 Å². The number of hydrogen-bond acceptors (Lipinski definition) is 4. The molecular formula is C15H18N2O2. The van der Waals surface area contributed by atoms with E-state index in [1.807, 2.05) is 43.3 Å². The number of nitrogens with one attached hydrogen (secondary N) is 1. The van der Waals surface area contributed by atoms with E-state index in [2.05, 4.69) is 10.3 Å². The second-order valence-corrected chi connectivity index (χ2v) is 4.23. The van der Waals surface area contributed by atoms with Gasteiger partial charge in [-0.25, -0.2) is 0 Å². The first-order valence-electron chi connectivity index (χ1n) is 6.11. The van der Waals surface area contributed by atoms with Crippen molar-refractivity contribution < 1.29 is 9.47 Å². The van der Waals surface area contributed by atoms with Crippen molar-refractivity contribution in [3.05, 3.63) is 47.8 Å². The van der Waals surface area contributed by atoms with Crippen molar-refractivity contribution in [1.29, 1.82) is 0 Å². The van der Waals surface area contributed by atoms with Crippen molar-refractivity contribution in [3.63, 3.8) is 0 Å². The minimum Gasteiger partial charge on any atom is -0.497 e. The van der Waals surface area contributed by atoms with Crippen molar-refractivity contribution >= 4 is 5.69 Å². The molecule has 0 aliphatic heterocycles. The molecule has 0 aliphatic rings. The van der Waals surface area contributed by atoms with Crippen LogP contribution in [0, 0.1) is 6.92 Å². The maximum atomic E-state index is 5.24. The van der Waals surface area contributed by atoms with Gasteiger partial charge in [-0.3, -0.25) is 4.98 Å². The highest BCUT2D eigenvalue weighted by molar-refractivity contribution is 5.48. The van der Waals surface area contributed by atoms with Crippen LogP contribution in [0.15, 0.2) is 36.4 Å². The maximum Gasteiger partial charge on any atom is 0.122 e. The van der Waals surface area contributed by atoms with Gasteiger partial charge in [0.2, 0.25) is 0 Å². The number of rotatable bonds is 5. The van der Waals surface area contributed by atoms with Crippen LogP contribution in [0.4, 0.5) is 5.69 Å². The first-order valence-corrected chi connectivity index (χ1v) is 6.11. The zero-order valence-electron chi connectivity index (χ0n) is 11.4. The molecule has 0 aliphatic carbocycles. The normalized spacial score (nSPS) is 10.1. The summed E-state index contributed by atoms with van der Waals surface area (Å²) < 4.78 is 10.4. The standard InChI is InChI=1S/C15H18N2O2/c1-11-7-15(19-3)9-13(17-11)10-16-12-5-4-6-14(8-12)18-2/h4-9,16H,10H2,1-3H3. The third-order valence-corrected chi connectivity index (χ3v) is 2.76. The summed E-state index contributed by atoms with van der Waals surface area (Å²) in [6, 6.07) is 11.7. The van der Waals surface area contributed by atoms with Crippen LogP contribution in [0.25, 0.3) is 0 Å². The van der Waals surface area contributed by atoms with E-state index >= 15 is 0 Å². The lowest BCUT2D eigenvalue weighted by Gasteiger charge is -2.09. The number of hydrogen-bond donors (Lipinski definition) is 1. The molecule has 0 fully saturated rings. The van der Waals surface area contributed by atoms with Gasteiger partial charge in [-0.1, -0.05) is 6.07 Å². The third kappa shape index (κ3) is 3.61. The van der Waals surface area contributed by atoms with E-state index in [9.17, 15) is 0 Å². The van der Waals surface area contributed by atoms with Crippen LogP contribution >= 0.6 is 0 Å². The summed E-state index contributed by atoms with van der Waals surface area (Å²) >= 11 is 0. The fourth-order valence-corrected chi connectivity index (χ4v) is 1.84. The summed E-state index contributed by atoms with van der Waals surface area (Å²) in [6.07, 6.45) is 0. The first-order chi connectivity index (χ1) is 9.21. The maximum absolute atomic E-state index is 5.24. The minimum absolute atomic E-state index is 0.644. The van der Waals surface area contributed by atoms with E-state index in [1.54, 1.807) is 14.2 Å². The average Bonchev–Trinajstić information content (AvgIpc) is 2.44. The van der Waals surface area contributed by atoms with Gasteiger partial charge < -0.3 is 14.8 Å². The van der Waals surface area contributed by atoms with Crippen molar-refractivity contribution in [2.24, 2.45) is 0 Å². The molecule has 100 valence electrons. The Bertz CT molecular complexity index is 556. The van der Waals surface area contributed by atoms with Crippen LogP contribution in [0.1, 0.15) is 11.4 Å². The van der Waals surface area contributed by atoms with Crippen molar-refractivity contribution in [2.45, 2.75) is 13.5 Å². The van der Waals surface area contributed by atoms with Gasteiger partial charge in [-0.05, 0) is 19.1 Å². The molecule has 0 unspecified atom stereocenters. The predicted molar refractivity (Wildman–Crippen MR) is 75.8 cm³/mol. The molecule has 0 saturated carbocycles. The van der Waals surface area contributed by atoms with E-state index in [4.69, 9.17) is 9.47 Å². The fraction of sp³-hybridized carbons (Fsp3) is 0.267. The van der Waals surface area contributed by atoms with E-state index in [0.717, 1.165) is 28.6 Å². The van der Waals surface area contributed by atoms with Crippen molar-refractivity contribution in [2.75, 3.05) is 19.5 Å². The lowest BCUT2D eigenvalue weighted by molar-refractivity contribution is 0.413. The van der Waals surface area contributed by atoms with Gasteiger partial charge in [-0.15, -0.1) is 0 Å². The molecule has 0 saturated heterocycles. The van der Waals surface area contributed by atoms with Crippen LogP contribution in [-0.4, -0.2) is 19.2 Å². The zero-order chi connectivity index (χ0) is 13.7. The summed E-state index contributed by atoms with van der Waals surface area (Å²) in [4.78, 5) is 4.47. The number of aryl methyl sites for hydroxylation is 1. The highest BCUT2D eigenvalue weighted by atomic mass is 16.5. The quantitative estimate of drug-likeness (QED) is 0.895. The molecule has 0 bridgehead atoms. The van der Waals surface area contributed by atoms with Crippen LogP contribution in [-0.2, 0) is 6.54 Å². The Kier molecular flexibility index (Phi) is 4.23. The lowest BCUT2D eigenvalue weighted by atomic mass is 10.2. The number of methoxy groups -OCH3 is 2. The molecule has 0 amide bonds. The Balaban J connectivity index is 2.07. The average molecular weight is 258 g/mol. The second-order valence-electron chi connectivity index (χ2n) is 4.23. The number of aromatic nitrogens is 1. The number of ether oxygens (including phenoxy) is 2. The molecule has 2 aromatic rings. The molecule has 0 spiro atoms. The van der Waals surface area contributed by atoms with Gasteiger partial charge in [0.25, 0.3) is 0 Å². The minimum atomic E-state index is 0.644. The predicted octanol–water partition coefficient (Wildman–Crippen LogP) is 3.02. The number of anilines is 1. The molecule has 2 rings (SSSR count). The van der Waals surface area contributed by atoms with Crippen molar-refractivity contribution in [1.82, 2.24) is 4.98 Å². The highest BCUT2D eigenvalue weighted by Gasteiger charge is 2.01. The smallest absolute Gasteiger partial charge is 0.122 e. The molecule has 1 N–H and O–H groups in total. The Morgan fingerprint density at radius 2 is 1.84 bits per heavy atom. The topological polar surface area (TPSA) is 43.4 Å². The summed E-state index contributed by atoms with van der Waals surface area (Å²) in [5.74, 6) is 1.66. The zero-order valence-corrected chi connectivity index (χ0v) is 11.4. The van der Waals surface area contributed by atoms with Crippen LogP contribution in [0.3, 0.4) is 0 Å². The first kappa shape index (κ1) is 13.2. The van der Waals surface area contributed by atoms with E-state index < -0.39 is 0 Å². The van der Waals surface area contributed by atoms with E-state index in [1.165, 1.54) is 0 Å². The molecular weight excluding hydrogens is 240 g/mol. The van der Waals surface area contributed by atoms with Crippen molar-refractivity contribution in [3.8, 4) is 11.5 Å². The SMILES string of the molecule is COc1cccc(NCc2cc(OC)cc(C)n2)c1. The molecule has 0 radical (unpaired) electrons. The van der Waals surface area contributed by atoms with Gasteiger partial charge in [0, 0.05) is 29.6 Å². The Morgan fingerprint density at radius 1 is 1.05 bits per heavy atom. The fourth-order valence-electron chi connectivity index (χ4n) is 1.84. The summed E-state index contributed by atoms with van der Waals surface area (Å²) in [6.45, 7) is 2.60. The Labute approximate surface area is 113 Å². The summed E-state index contributed by atoms with van der Waals surface area (Å²) in [7, 11) is 3.32. The molecule has 0 atom stereocenters. The van der Waals surface area contributed by atoms with Gasteiger partial charge in [0.1, 0.15) is 11.5 Å². The van der Waals surface area contributed by atoms with Gasteiger partial charge in [-0.2, -0.15) is 0 Å². The third-order valence-electron chi connectivity index (χ3n) is 2.76. The molecule has 1 aromatic heterocycles. The van der Waals surface area contributed by atoms with Gasteiger partial charge in [0.15, 0.2) is 0 Å². The molecule has 4 nitrogen and oxygen atoms in total. The van der Waals surface area contributed by atoms with E-state index in [-0.39, 0.29) is 0 Å². The molecule has 1 heterocycles. The second kappa shape index (κ2) is 6.09. The number of pyridine rings is 1. The Hall–Kier alpha value is -2.23. The van der Waals surface area contributed by atoms with Crippen LogP contribution < -0.4 is 14.8 Å². The monoisotopic (exact) mass is 258 g/mol. The Morgan fingerprint density at radius 3 is 2.58 bits per heavy atom. The van der Waals surface area contributed by atoms with Gasteiger partial charge in [0.05, 0.1) is 26.5 Å². The molecule has 1 aromatic carbocycles. The summed E-state index contributed by atoms with van der Waals surface area (Å²) in [5.41, 5.74) is 2.89. The highest BCUT2D eigenvalue weighted by Crippen LogP contribution is 2.18. The number of nitrogens with zero attached hydrogens (tertiary/aromatic N) is 1. The summed E-state index contributed by atoms with van der Waals surface area (Å²) in [5, 5.41) is 3.32. The molecule has 4 heteroatoms. The largest absolute Gasteiger partial charge is 0.497 e. The van der Waals surface area contributed by atoms with Crippen LogP contribution in [0.2, 0.25) is 0 Å². The molecule has 19 heavy (non-hydrogen) atoms.